The van der Waals surface area contributed by atoms with Crippen LogP contribution in [0.1, 0.15) is 18.4 Å². The van der Waals surface area contributed by atoms with E-state index in [1.165, 1.54) is 0 Å². The summed E-state index contributed by atoms with van der Waals surface area (Å²) in [5.74, 6) is -0.114. The van der Waals surface area contributed by atoms with Crippen LogP contribution < -0.4 is 5.32 Å². The number of halogens is 2. The summed E-state index contributed by atoms with van der Waals surface area (Å²) >= 11 is 12.0. The topological polar surface area (TPSA) is 49.3 Å². The van der Waals surface area contributed by atoms with E-state index >= 15 is 0 Å². The smallest absolute Gasteiger partial charge is 0.224 e. The Hall–Kier alpha value is -0.770. The number of carbonyl (C=O) groups is 1. The minimum atomic E-state index is -0.274. The SMILES string of the molecule is O=C(Cc1c(Cl)cccc1Cl)NC1CC(O)C1. The third-order valence-corrected chi connectivity index (χ3v) is 3.59. The first-order chi connectivity index (χ1) is 8.06. The summed E-state index contributed by atoms with van der Waals surface area (Å²) in [6.07, 6.45) is 1.15. The molecule has 17 heavy (non-hydrogen) atoms. The van der Waals surface area contributed by atoms with E-state index in [0.717, 1.165) is 0 Å². The van der Waals surface area contributed by atoms with E-state index in [9.17, 15) is 4.79 Å². The second-order valence-electron chi connectivity index (χ2n) is 4.27. The molecular formula is C12H13Cl2NO2. The minimum absolute atomic E-state index is 0.0822. The molecule has 1 amide bonds. The molecule has 5 heteroatoms. The Morgan fingerprint density at radius 1 is 1.35 bits per heavy atom. The zero-order valence-corrected chi connectivity index (χ0v) is 10.6. The summed E-state index contributed by atoms with van der Waals surface area (Å²) < 4.78 is 0. The van der Waals surface area contributed by atoms with Crippen molar-refractivity contribution in [2.24, 2.45) is 0 Å². The van der Waals surface area contributed by atoms with Crippen molar-refractivity contribution in [1.82, 2.24) is 5.32 Å². The van der Waals surface area contributed by atoms with Gasteiger partial charge in [-0.25, -0.2) is 0 Å². The van der Waals surface area contributed by atoms with Crippen LogP contribution >= 0.6 is 23.2 Å². The monoisotopic (exact) mass is 273 g/mol. The van der Waals surface area contributed by atoms with Gasteiger partial charge in [0.1, 0.15) is 0 Å². The summed E-state index contributed by atoms with van der Waals surface area (Å²) in [4.78, 5) is 11.7. The van der Waals surface area contributed by atoms with Crippen LogP contribution in [0, 0.1) is 0 Å². The number of aliphatic hydroxyl groups is 1. The van der Waals surface area contributed by atoms with Gasteiger partial charge in [-0.2, -0.15) is 0 Å². The zero-order valence-electron chi connectivity index (χ0n) is 9.12. The zero-order chi connectivity index (χ0) is 12.4. The minimum Gasteiger partial charge on any atom is -0.393 e. The molecule has 1 aliphatic carbocycles. The molecule has 0 radical (unpaired) electrons. The number of rotatable bonds is 3. The Morgan fingerprint density at radius 3 is 2.47 bits per heavy atom. The van der Waals surface area contributed by atoms with Gasteiger partial charge in [0.25, 0.3) is 0 Å². The Bertz CT molecular complexity index is 410. The number of hydrogen-bond donors (Lipinski definition) is 2. The highest BCUT2D eigenvalue weighted by atomic mass is 35.5. The van der Waals surface area contributed by atoms with E-state index in [4.69, 9.17) is 28.3 Å². The third-order valence-electron chi connectivity index (χ3n) is 2.88. The number of nitrogens with one attached hydrogen (secondary N) is 1. The van der Waals surface area contributed by atoms with Crippen molar-refractivity contribution in [1.29, 1.82) is 0 Å². The summed E-state index contributed by atoms with van der Waals surface area (Å²) in [5.41, 5.74) is 0.646. The van der Waals surface area contributed by atoms with Crippen LogP contribution in [-0.4, -0.2) is 23.2 Å². The summed E-state index contributed by atoms with van der Waals surface area (Å²) in [7, 11) is 0. The second kappa shape index (κ2) is 5.25. The average Bonchev–Trinajstić information content (AvgIpc) is 2.21. The van der Waals surface area contributed by atoms with Crippen molar-refractivity contribution in [2.75, 3.05) is 0 Å². The molecule has 1 aliphatic rings. The van der Waals surface area contributed by atoms with Crippen molar-refractivity contribution in [3.63, 3.8) is 0 Å². The van der Waals surface area contributed by atoms with E-state index in [1.807, 2.05) is 0 Å². The molecule has 0 aromatic heterocycles. The van der Waals surface area contributed by atoms with Gasteiger partial charge in [0.05, 0.1) is 12.5 Å². The third kappa shape index (κ3) is 3.12. The molecule has 1 fully saturated rings. The Morgan fingerprint density at radius 2 is 1.94 bits per heavy atom. The molecule has 3 nitrogen and oxygen atoms in total. The maximum atomic E-state index is 11.7. The molecular weight excluding hydrogens is 261 g/mol. The van der Waals surface area contributed by atoms with Crippen molar-refractivity contribution in [2.45, 2.75) is 31.4 Å². The van der Waals surface area contributed by atoms with Gasteiger partial charge in [-0.05, 0) is 30.5 Å². The molecule has 0 heterocycles. The van der Waals surface area contributed by atoms with Crippen molar-refractivity contribution < 1.29 is 9.90 Å². The molecule has 1 saturated carbocycles. The van der Waals surface area contributed by atoms with Gasteiger partial charge < -0.3 is 10.4 Å². The van der Waals surface area contributed by atoms with Crippen molar-refractivity contribution in [3.8, 4) is 0 Å². The van der Waals surface area contributed by atoms with Crippen LogP contribution in [-0.2, 0) is 11.2 Å². The van der Waals surface area contributed by atoms with Crippen molar-refractivity contribution >= 4 is 29.1 Å². The largest absolute Gasteiger partial charge is 0.393 e. The fourth-order valence-electron chi connectivity index (χ4n) is 1.85. The summed E-state index contributed by atoms with van der Waals surface area (Å²) in [6, 6.07) is 5.25. The van der Waals surface area contributed by atoms with Crippen LogP contribution in [0.4, 0.5) is 0 Å². The van der Waals surface area contributed by atoms with Crippen LogP contribution in [0.25, 0.3) is 0 Å². The summed E-state index contributed by atoms with van der Waals surface area (Å²) in [6.45, 7) is 0. The van der Waals surface area contributed by atoms with Crippen LogP contribution in [0.5, 0.6) is 0 Å². The number of benzene rings is 1. The number of aliphatic hydroxyl groups excluding tert-OH is 1. The Kier molecular flexibility index (Phi) is 3.92. The van der Waals surface area contributed by atoms with Gasteiger partial charge in [-0.3, -0.25) is 4.79 Å². The molecule has 1 aromatic carbocycles. The van der Waals surface area contributed by atoms with Gasteiger partial charge in [0.2, 0.25) is 5.91 Å². The van der Waals surface area contributed by atoms with E-state index in [-0.39, 0.29) is 24.5 Å². The van der Waals surface area contributed by atoms with Gasteiger partial charge >= 0.3 is 0 Å². The van der Waals surface area contributed by atoms with Crippen LogP contribution in [0.15, 0.2) is 18.2 Å². The fraction of sp³-hybridized carbons (Fsp3) is 0.417. The maximum absolute atomic E-state index is 11.7. The lowest BCUT2D eigenvalue weighted by Gasteiger charge is -2.32. The van der Waals surface area contributed by atoms with Gasteiger partial charge in [-0.1, -0.05) is 29.3 Å². The number of carbonyl (C=O) groups excluding carboxylic acids is 1. The lowest BCUT2D eigenvalue weighted by atomic mass is 9.89. The molecule has 2 N–H and O–H groups in total. The van der Waals surface area contributed by atoms with Crippen molar-refractivity contribution in [3.05, 3.63) is 33.8 Å². The molecule has 0 spiro atoms. The maximum Gasteiger partial charge on any atom is 0.224 e. The Labute approximate surface area is 110 Å². The molecule has 0 saturated heterocycles. The van der Waals surface area contributed by atoms with Gasteiger partial charge in [-0.15, -0.1) is 0 Å². The Balaban J connectivity index is 1.94. The highest BCUT2D eigenvalue weighted by molar-refractivity contribution is 6.36. The lowest BCUT2D eigenvalue weighted by molar-refractivity contribution is -0.122. The predicted molar refractivity (Wildman–Crippen MR) is 67.3 cm³/mol. The molecule has 92 valence electrons. The van der Waals surface area contributed by atoms with E-state index in [1.54, 1.807) is 18.2 Å². The molecule has 1 aromatic rings. The number of hydrogen-bond acceptors (Lipinski definition) is 2. The second-order valence-corrected chi connectivity index (χ2v) is 5.08. The van der Waals surface area contributed by atoms with Gasteiger partial charge in [0.15, 0.2) is 0 Å². The fourth-order valence-corrected chi connectivity index (χ4v) is 2.38. The van der Waals surface area contributed by atoms with E-state index in [0.29, 0.717) is 28.5 Å². The average molecular weight is 274 g/mol. The molecule has 0 atom stereocenters. The molecule has 0 bridgehead atoms. The highest BCUT2D eigenvalue weighted by Gasteiger charge is 2.28. The van der Waals surface area contributed by atoms with Gasteiger partial charge in [0, 0.05) is 16.1 Å². The number of amides is 1. The molecule has 0 unspecified atom stereocenters. The van der Waals surface area contributed by atoms with Crippen LogP contribution in [0.3, 0.4) is 0 Å². The molecule has 2 rings (SSSR count). The van der Waals surface area contributed by atoms with E-state index < -0.39 is 0 Å². The first kappa shape index (κ1) is 12.7. The van der Waals surface area contributed by atoms with Crippen LogP contribution in [0.2, 0.25) is 10.0 Å². The van der Waals surface area contributed by atoms with E-state index in [2.05, 4.69) is 5.32 Å². The summed E-state index contributed by atoms with van der Waals surface area (Å²) in [5, 5.41) is 13.0. The normalized spacial score (nSPS) is 23.0. The highest BCUT2D eigenvalue weighted by Crippen LogP contribution is 2.25. The predicted octanol–water partition coefficient (Wildman–Crippen LogP) is 2.18. The molecule has 0 aliphatic heterocycles. The standard InChI is InChI=1S/C12H13Cl2NO2/c13-10-2-1-3-11(14)9(10)6-12(17)15-7-4-8(16)5-7/h1-3,7-8,16H,4-6H2,(H,15,17). The first-order valence-corrected chi connectivity index (χ1v) is 6.22. The first-order valence-electron chi connectivity index (χ1n) is 5.46. The quantitative estimate of drug-likeness (QED) is 0.887. The lowest BCUT2D eigenvalue weighted by Crippen LogP contribution is -2.47.